The largest absolute Gasteiger partial charge is 0.433 e. The minimum Gasteiger partial charge on any atom is -0.389 e. The highest BCUT2D eigenvalue weighted by molar-refractivity contribution is 9.10. The minimum absolute atomic E-state index is 0.224. The van der Waals surface area contributed by atoms with Gasteiger partial charge in [-0.2, -0.15) is 18.3 Å². The summed E-state index contributed by atoms with van der Waals surface area (Å²) in [4.78, 5) is -0.224. The second-order valence-electron chi connectivity index (χ2n) is 4.45. The van der Waals surface area contributed by atoms with Crippen LogP contribution < -0.4 is 0 Å². The van der Waals surface area contributed by atoms with E-state index in [1.54, 1.807) is 5.10 Å². The molecular formula is C12H10BrF3N2O3S. The van der Waals surface area contributed by atoms with Crippen molar-refractivity contribution >= 4 is 25.8 Å². The Labute approximate surface area is 132 Å². The van der Waals surface area contributed by atoms with E-state index in [2.05, 4.69) is 21.0 Å². The van der Waals surface area contributed by atoms with Gasteiger partial charge < -0.3 is 5.11 Å². The van der Waals surface area contributed by atoms with Gasteiger partial charge in [-0.25, -0.2) is 8.42 Å². The maximum absolute atomic E-state index is 12.9. The van der Waals surface area contributed by atoms with Crippen molar-refractivity contribution < 1.29 is 26.7 Å². The first kappa shape index (κ1) is 17.0. The van der Waals surface area contributed by atoms with E-state index in [1.807, 2.05) is 0 Å². The van der Waals surface area contributed by atoms with Crippen LogP contribution in [0.15, 0.2) is 38.7 Å². The van der Waals surface area contributed by atoms with Crippen LogP contribution in [0.25, 0.3) is 0 Å². The molecule has 1 heterocycles. The van der Waals surface area contributed by atoms with Crippen molar-refractivity contribution in [3.63, 3.8) is 0 Å². The molecule has 0 saturated heterocycles. The molecule has 0 saturated carbocycles. The number of aliphatic hydroxyl groups excluding tert-OH is 1. The van der Waals surface area contributed by atoms with E-state index in [0.717, 1.165) is 6.92 Å². The molecule has 0 aliphatic rings. The fourth-order valence-corrected chi connectivity index (χ4v) is 3.58. The predicted molar refractivity (Wildman–Crippen MR) is 73.8 cm³/mol. The molecule has 0 aliphatic carbocycles. The van der Waals surface area contributed by atoms with Gasteiger partial charge in [0.1, 0.15) is 5.69 Å². The summed E-state index contributed by atoms with van der Waals surface area (Å²) in [5.41, 5.74) is -2.17. The summed E-state index contributed by atoms with van der Waals surface area (Å²) in [7, 11) is -4.29. The van der Waals surface area contributed by atoms with Crippen molar-refractivity contribution in [2.75, 3.05) is 0 Å². The summed E-state index contributed by atoms with van der Waals surface area (Å²) in [6.07, 6.45) is -6.51. The van der Waals surface area contributed by atoms with Gasteiger partial charge in [0.2, 0.25) is 9.84 Å². The van der Waals surface area contributed by atoms with Crippen LogP contribution in [0.3, 0.4) is 0 Å². The maximum atomic E-state index is 12.9. The SMILES string of the molecule is C[C@H](O)c1c(S(=O)(=O)c2ccc(Br)cc2)n[nH]c1C(F)(F)F. The molecule has 0 bridgehead atoms. The Morgan fingerprint density at radius 1 is 1.27 bits per heavy atom. The Balaban J connectivity index is 2.67. The van der Waals surface area contributed by atoms with E-state index in [1.165, 1.54) is 24.3 Å². The highest BCUT2D eigenvalue weighted by Crippen LogP contribution is 2.37. The molecule has 0 radical (unpaired) electrons. The second-order valence-corrected chi connectivity index (χ2v) is 7.23. The van der Waals surface area contributed by atoms with Gasteiger partial charge in [0.15, 0.2) is 5.03 Å². The minimum atomic E-state index is -4.85. The van der Waals surface area contributed by atoms with Gasteiger partial charge in [0, 0.05) is 10.0 Å². The number of nitrogens with one attached hydrogen (secondary N) is 1. The quantitative estimate of drug-likeness (QED) is 0.831. The molecule has 1 aromatic heterocycles. The third-order valence-corrected chi connectivity index (χ3v) is 5.09. The standard InChI is InChI=1S/C12H10BrF3N2O3S/c1-6(19)9-10(12(14,15)16)17-18-11(9)22(20,21)8-4-2-7(13)3-5-8/h2-6,19H,1H3,(H,17,18)/t6-/m0/s1. The zero-order valence-corrected chi connectivity index (χ0v) is 13.4. The molecule has 1 aromatic carbocycles. The van der Waals surface area contributed by atoms with Crippen LogP contribution in [-0.2, 0) is 16.0 Å². The zero-order valence-electron chi connectivity index (χ0n) is 11.0. The molecule has 2 rings (SSSR count). The van der Waals surface area contributed by atoms with E-state index < -0.39 is 38.4 Å². The fourth-order valence-electron chi connectivity index (χ4n) is 1.87. The summed E-state index contributed by atoms with van der Waals surface area (Å²) in [6.45, 7) is 1.04. The number of hydrogen-bond donors (Lipinski definition) is 2. The van der Waals surface area contributed by atoms with Crippen molar-refractivity contribution in [2.24, 2.45) is 0 Å². The van der Waals surface area contributed by atoms with Crippen molar-refractivity contribution in [1.82, 2.24) is 10.2 Å². The Morgan fingerprint density at radius 3 is 2.27 bits per heavy atom. The molecule has 2 aromatic rings. The smallest absolute Gasteiger partial charge is 0.389 e. The van der Waals surface area contributed by atoms with Gasteiger partial charge in [0.05, 0.1) is 11.0 Å². The Hall–Kier alpha value is -1.39. The molecule has 120 valence electrons. The maximum Gasteiger partial charge on any atom is 0.433 e. The lowest BCUT2D eigenvalue weighted by molar-refractivity contribution is -0.142. The van der Waals surface area contributed by atoms with Crippen molar-refractivity contribution in [3.8, 4) is 0 Å². The van der Waals surface area contributed by atoms with E-state index in [-0.39, 0.29) is 4.90 Å². The molecule has 0 unspecified atom stereocenters. The van der Waals surface area contributed by atoms with E-state index in [9.17, 15) is 26.7 Å². The third-order valence-electron chi connectivity index (χ3n) is 2.85. The van der Waals surface area contributed by atoms with Crippen LogP contribution in [0, 0.1) is 0 Å². The van der Waals surface area contributed by atoms with Gasteiger partial charge in [-0.1, -0.05) is 15.9 Å². The number of sulfone groups is 1. The zero-order chi connectivity index (χ0) is 16.7. The van der Waals surface area contributed by atoms with Crippen LogP contribution >= 0.6 is 15.9 Å². The average Bonchev–Trinajstić information content (AvgIpc) is 2.84. The summed E-state index contributed by atoms with van der Waals surface area (Å²) in [5.74, 6) is 0. The summed E-state index contributed by atoms with van der Waals surface area (Å²) >= 11 is 3.13. The number of aromatic amines is 1. The molecular weight excluding hydrogens is 389 g/mol. The Bertz CT molecular complexity index is 783. The van der Waals surface area contributed by atoms with Crippen molar-refractivity contribution in [2.45, 2.75) is 29.1 Å². The van der Waals surface area contributed by atoms with Crippen LogP contribution in [0.2, 0.25) is 0 Å². The summed E-state index contributed by atoms with van der Waals surface area (Å²) in [5, 5.41) is 13.7. The van der Waals surface area contributed by atoms with E-state index in [0.29, 0.717) is 4.47 Å². The highest BCUT2D eigenvalue weighted by Gasteiger charge is 2.41. The third kappa shape index (κ3) is 3.03. The van der Waals surface area contributed by atoms with Gasteiger partial charge in [-0.15, -0.1) is 0 Å². The highest BCUT2D eigenvalue weighted by atomic mass is 79.9. The van der Waals surface area contributed by atoms with Crippen LogP contribution in [-0.4, -0.2) is 23.7 Å². The monoisotopic (exact) mass is 398 g/mol. The average molecular weight is 399 g/mol. The van der Waals surface area contributed by atoms with Crippen LogP contribution in [0.4, 0.5) is 13.2 Å². The number of aliphatic hydroxyl groups is 1. The lowest BCUT2D eigenvalue weighted by Crippen LogP contribution is -2.13. The summed E-state index contributed by atoms with van der Waals surface area (Å²) < 4.78 is 64.1. The number of alkyl halides is 3. The number of halogens is 4. The van der Waals surface area contributed by atoms with Gasteiger partial charge in [-0.3, -0.25) is 5.10 Å². The van der Waals surface area contributed by atoms with Crippen molar-refractivity contribution in [3.05, 3.63) is 40.0 Å². The van der Waals surface area contributed by atoms with Crippen molar-refractivity contribution in [1.29, 1.82) is 0 Å². The number of hydrogen-bond acceptors (Lipinski definition) is 4. The van der Waals surface area contributed by atoms with Gasteiger partial charge in [-0.05, 0) is 31.2 Å². The first-order chi connectivity index (χ1) is 10.0. The molecule has 5 nitrogen and oxygen atoms in total. The Morgan fingerprint density at radius 2 is 1.82 bits per heavy atom. The molecule has 0 aliphatic heterocycles. The number of aromatic nitrogens is 2. The second kappa shape index (κ2) is 5.67. The first-order valence-electron chi connectivity index (χ1n) is 5.89. The summed E-state index contributed by atoms with van der Waals surface area (Å²) in [6, 6.07) is 5.33. The van der Waals surface area contributed by atoms with Crippen LogP contribution in [0.5, 0.6) is 0 Å². The van der Waals surface area contributed by atoms with E-state index >= 15 is 0 Å². The lowest BCUT2D eigenvalue weighted by Gasteiger charge is -2.11. The predicted octanol–water partition coefficient (Wildman–Crippen LogP) is 3.08. The number of rotatable bonds is 3. The Kier molecular flexibility index (Phi) is 4.37. The first-order valence-corrected chi connectivity index (χ1v) is 8.17. The molecule has 10 heteroatoms. The topological polar surface area (TPSA) is 83.0 Å². The van der Waals surface area contributed by atoms with Crippen LogP contribution in [0.1, 0.15) is 24.3 Å². The molecule has 0 amide bonds. The molecule has 0 fully saturated rings. The molecule has 2 N–H and O–H groups in total. The number of benzene rings is 1. The number of H-pyrrole nitrogens is 1. The lowest BCUT2D eigenvalue weighted by atomic mass is 10.1. The molecule has 1 atom stereocenters. The van der Waals surface area contributed by atoms with E-state index in [4.69, 9.17) is 0 Å². The molecule has 0 spiro atoms. The normalized spacial score (nSPS) is 14.1. The van der Waals surface area contributed by atoms with Gasteiger partial charge >= 0.3 is 6.18 Å². The fraction of sp³-hybridized carbons (Fsp3) is 0.250. The molecule has 22 heavy (non-hydrogen) atoms. The number of nitrogens with zero attached hydrogens (tertiary/aromatic N) is 1. The van der Waals surface area contributed by atoms with Gasteiger partial charge in [0.25, 0.3) is 0 Å².